The maximum Gasteiger partial charge on any atom is 0.241 e. The van der Waals surface area contributed by atoms with Gasteiger partial charge in [0.2, 0.25) is 10.0 Å². The fourth-order valence-corrected chi connectivity index (χ4v) is 4.00. The van der Waals surface area contributed by atoms with Crippen molar-refractivity contribution >= 4 is 38.9 Å². The van der Waals surface area contributed by atoms with Gasteiger partial charge in [0, 0.05) is 29.1 Å². The highest BCUT2D eigenvalue weighted by molar-refractivity contribution is 7.89. The third-order valence-electron chi connectivity index (χ3n) is 4.08. The Balaban J connectivity index is 0.00000261. The summed E-state index contributed by atoms with van der Waals surface area (Å²) in [5.74, 6) is 1.19. The van der Waals surface area contributed by atoms with Crippen molar-refractivity contribution in [1.82, 2.24) is 4.72 Å². The molecule has 0 spiro atoms. The minimum Gasteiger partial charge on any atom is -0.497 e. The largest absolute Gasteiger partial charge is 0.497 e. The van der Waals surface area contributed by atoms with E-state index in [0.717, 1.165) is 5.56 Å². The van der Waals surface area contributed by atoms with Crippen molar-refractivity contribution < 1.29 is 17.9 Å². The number of rotatable bonds is 6. The molecule has 0 amide bonds. The SMILES string of the molecule is COc1cc(CNS(=O)(=O)c2cccc3c(N)cccc23)cc(OC)c1.Cl. The van der Waals surface area contributed by atoms with Crippen LogP contribution in [0.15, 0.2) is 59.5 Å². The zero-order chi connectivity index (χ0) is 18.7. The van der Waals surface area contributed by atoms with E-state index in [1.54, 1.807) is 68.8 Å². The molecular weight excluding hydrogens is 388 g/mol. The molecule has 3 aromatic carbocycles. The van der Waals surface area contributed by atoms with Crippen molar-refractivity contribution in [1.29, 1.82) is 0 Å². The quantitative estimate of drug-likeness (QED) is 0.610. The second kappa shape index (κ2) is 8.47. The normalized spacial score (nSPS) is 11.0. The molecule has 144 valence electrons. The predicted octanol–water partition coefficient (Wildman–Crippen LogP) is 3.34. The molecule has 0 fully saturated rings. The molecule has 0 atom stereocenters. The monoisotopic (exact) mass is 408 g/mol. The Morgan fingerprint density at radius 3 is 2.15 bits per heavy atom. The molecule has 0 aromatic heterocycles. The smallest absolute Gasteiger partial charge is 0.241 e. The zero-order valence-electron chi connectivity index (χ0n) is 14.9. The van der Waals surface area contributed by atoms with Crippen LogP contribution in [-0.4, -0.2) is 22.6 Å². The van der Waals surface area contributed by atoms with Crippen LogP contribution in [0.4, 0.5) is 5.69 Å². The van der Waals surface area contributed by atoms with Crippen LogP contribution in [0.1, 0.15) is 5.56 Å². The Labute approximate surface area is 164 Å². The van der Waals surface area contributed by atoms with E-state index in [-0.39, 0.29) is 23.8 Å². The van der Waals surface area contributed by atoms with Gasteiger partial charge >= 0.3 is 0 Å². The molecule has 0 saturated heterocycles. The molecule has 0 heterocycles. The van der Waals surface area contributed by atoms with Gasteiger partial charge in [-0.25, -0.2) is 13.1 Å². The lowest BCUT2D eigenvalue weighted by Gasteiger charge is -2.12. The van der Waals surface area contributed by atoms with Gasteiger partial charge < -0.3 is 15.2 Å². The maximum absolute atomic E-state index is 12.8. The molecule has 3 rings (SSSR count). The molecule has 0 aliphatic carbocycles. The van der Waals surface area contributed by atoms with Gasteiger partial charge in [0.1, 0.15) is 11.5 Å². The molecule has 3 aromatic rings. The summed E-state index contributed by atoms with van der Waals surface area (Å²) >= 11 is 0. The van der Waals surface area contributed by atoms with Crippen LogP contribution in [-0.2, 0) is 16.6 Å². The second-order valence-corrected chi connectivity index (χ2v) is 7.48. The standard InChI is InChI=1S/C19H20N2O4S.ClH/c1-24-14-9-13(10-15(11-14)25-2)12-21-26(22,23)19-8-4-5-16-17(19)6-3-7-18(16)20;/h3-11,21H,12,20H2,1-2H3;1H. The number of ether oxygens (including phenoxy) is 2. The summed E-state index contributed by atoms with van der Waals surface area (Å²) in [6.07, 6.45) is 0. The van der Waals surface area contributed by atoms with E-state index in [2.05, 4.69) is 4.72 Å². The molecular formula is C19H21ClN2O4S. The number of nitrogens with one attached hydrogen (secondary N) is 1. The number of halogens is 1. The van der Waals surface area contributed by atoms with Crippen LogP contribution in [0.5, 0.6) is 11.5 Å². The molecule has 0 radical (unpaired) electrons. The Morgan fingerprint density at radius 2 is 1.52 bits per heavy atom. The Bertz CT molecular complexity index is 1030. The van der Waals surface area contributed by atoms with Crippen LogP contribution in [0.2, 0.25) is 0 Å². The van der Waals surface area contributed by atoms with Crippen molar-refractivity contribution in [2.24, 2.45) is 0 Å². The number of benzene rings is 3. The average Bonchev–Trinajstić information content (AvgIpc) is 2.66. The highest BCUT2D eigenvalue weighted by Crippen LogP contribution is 2.27. The lowest BCUT2D eigenvalue weighted by atomic mass is 10.1. The molecule has 27 heavy (non-hydrogen) atoms. The van der Waals surface area contributed by atoms with Gasteiger partial charge in [0.05, 0.1) is 19.1 Å². The summed E-state index contributed by atoms with van der Waals surface area (Å²) in [5, 5.41) is 1.29. The van der Waals surface area contributed by atoms with Crippen LogP contribution < -0.4 is 19.9 Å². The van der Waals surface area contributed by atoms with E-state index >= 15 is 0 Å². The van der Waals surface area contributed by atoms with E-state index in [0.29, 0.717) is 28.0 Å². The number of nitrogens with two attached hydrogens (primary N) is 1. The van der Waals surface area contributed by atoms with E-state index in [4.69, 9.17) is 15.2 Å². The van der Waals surface area contributed by atoms with E-state index in [1.165, 1.54) is 0 Å². The minimum absolute atomic E-state index is 0. The molecule has 0 aliphatic rings. The van der Waals surface area contributed by atoms with Crippen LogP contribution in [0.25, 0.3) is 10.8 Å². The van der Waals surface area contributed by atoms with Gasteiger partial charge in [0.25, 0.3) is 0 Å². The molecule has 0 aliphatic heterocycles. The summed E-state index contributed by atoms with van der Waals surface area (Å²) < 4.78 is 38.7. The van der Waals surface area contributed by atoms with Gasteiger partial charge in [-0.15, -0.1) is 12.4 Å². The number of fused-ring (bicyclic) bond motifs is 1. The lowest BCUT2D eigenvalue weighted by molar-refractivity contribution is 0.393. The van der Waals surface area contributed by atoms with Gasteiger partial charge in [-0.1, -0.05) is 24.3 Å². The fraction of sp³-hybridized carbons (Fsp3) is 0.158. The molecule has 0 bridgehead atoms. The third kappa shape index (κ3) is 4.44. The fourth-order valence-electron chi connectivity index (χ4n) is 2.76. The van der Waals surface area contributed by atoms with E-state index in [1.807, 2.05) is 0 Å². The average molecular weight is 409 g/mol. The van der Waals surface area contributed by atoms with Gasteiger partial charge in [0.15, 0.2) is 0 Å². The van der Waals surface area contributed by atoms with Crippen LogP contribution >= 0.6 is 12.4 Å². The molecule has 0 saturated carbocycles. The van der Waals surface area contributed by atoms with Crippen molar-refractivity contribution in [3.05, 3.63) is 60.2 Å². The first-order chi connectivity index (χ1) is 12.4. The predicted molar refractivity (Wildman–Crippen MR) is 109 cm³/mol. The number of anilines is 1. The second-order valence-electron chi connectivity index (χ2n) is 5.74. The van der Waals surface area contributed by atoms with Crippen molar-refractivity contribution in [3.8, 4) is 11.5 Å². The third-order valence-corrected chi connectivity index (χ3v) is 5.54. The topological polar surface area (TPSA) is 90.7 Å². The summed E-state index contributed by atoms with van der Waals surface area (Å²) in [6.45, 7) is 0.106. The Hall–Kier alpha value is -2.48. The summed E-state index contributed by atoms with van der Waals surface area (Å²) in [4.78, 5) is 0.192. The number of nitrogen functional groups attached to an aromatic ring is 1. The van der Waals surface area contributed by atoms with E-state index in [9.17, 15) is 8.42 Å². The maximum atomic E-state index is 12.8. The van der Waals surface area contributed by atoms with Gasteiger partial charge in [-0.3, -0.25) is 0 Å². The van der Waals surface area contributed by atoms with Crippen LogP contribution in [0, 0.1) is 0 Å². The van der Waals surface area contributed by atoms with Gasteiger partial charge in [-0.05, 0) is 29.8 Å². The number of sulfonamides is 1. The van der Waals surface area contributed by atoms with Crippen molar-refractivity contribution in [3.63, 3.8) is 0 Å². The number of methoxy groups -OCH3 is 2. The molecule has 8 heteroatoms. The number of hydrogen-bond acceptors (Lipinski definition) is 5. The van der Waals surface area contributed by atoms with Crippen molar-refractivity contribution in [2.75, 3.05) is 20.0 Å². The summed E-state index contributed by atoms with van der Waals surface area (Å²) in [7, 11) is -0.638. The summed E-state index contributed by atoms with van der Waals surface area (Å²) in [5.41, 5.74) is 7.22. The zero-order valence-corrected chi connectivity index (χ0v) is 16.6. The summed E-state index contributed by atoms with van der Waals surface area (Å²) in [6, 6.07) is 15.5. The van der Waals surface area contributed by atoms with Crippen molar-refractivity contribution in [2.45, 2.75) is 11.4 Å². The molecule has 0 unspecified atom stereocenters. The first-order valence-electron chi connectivity index (χ1n) is 7.93. The minimum atomic E-state index is -3.73. The first kappa shape index (κ1) is 20.8. The molecule has 6 nitrogen and oxygen atoms in total. The van der Waals surface area contributed by atoms with Crippen LogP contribution in [0.3, 0.4) is 0 Å². The Kier molecular flexibility index (Phi) is 6.54. The highest BCUT2D eigenvalue weighted by Gasteiger charge is 2.18. The number of hydrogen-bond donors (Lipinski definition) is 2. The van der Waals surface area contributed by atoms with Gasteiger partial charge in [-0.2, -0.15) is 0 Å². The molecule has 3 N–H and O–H groups in total. The highest BCUT2D eigenvalue weighted by atomic mass is 35.5. The lowest BCUT2D eigenvalue weighted by Crippen LogP contribution is -2.23. The Morgan fingerprint density at radius 1 is 0.926 bits per heavy atom. The van der Waals surface area contributed by atoms with E-state index < -0.39 is 10.0 Å². The first-order valence-corrected chi connectivity index (χ1v) is 9.42.